The van der Waals surface area contributed by atoms with E-state index < -0.39 is 0 Å². The Morgan fingerprint density at radius 2 is 2.08 bits per heavy atom. The van der Waals surface area contributed by atoms with Gasteiger partial charge in [-0.05, 0) is 10.4 Å². The lowest BCUT2D eigenvalue weighted by atomic mass is 9.96. The van der Waals surface area contributed by atoms with Gasteiger partial charge in [0.2, 0.25) is 0 Å². The molecule has 1 rings (SSSR count). The highest BCUT2D eigenvalue weighted by molar-refractivity contribution is 4.98. The number of ether oxygens (including phenoxy) is 1. The quantitative estimate of drug-likeness (QED) is 0.691. The zero-order valence-electron chi connectivity index (χ0n) is 8.61. The van der Waals surface area contributed by atoms with Crippen LogP contribution in [0.4, 0.5) is 0 Å². The summed E-state index contributed by atoms with van der Waals surface area (Å²) in [4.78, 5) is 0. The van der Waals surface area contributed by atoms with Crippen LogP contribution in [-0.4, -0.2) is 33.9 Å². The largest absolute Gasteiger partial charge is 0.383 e. The molecule has 1 aromatic rings. The first-order valence-electron chi connectivity index (χ1n) is 4.31. The lowest BCUT2D eigenvalue weighted by Crippen LogP contribution is -2.21. The van der Waals surface area contributed by atoms with Gasteiger partial charge in [0.1, 0.15) is 0 Å². The molecule has 0 saturated heterocycles. The average Bonchev–Trinajstić information content (AvgIpc) is 2.47. The van der Waals surface area contributed by atoms with Crippen molar-refractivity contribution in [2.24, 2.45) is 0 Å². The van der Waals surface area contributed by atoms with Crippen LogP contribution in [0.2, 0.25) is 0 Å². The summed E-state index contributed by atoms with van der Waals surface area (Å²) >= 11 is 0. The number of tetrazole rings is 1. The minimum absolute atomic E-state index is 0.0166. The predicted molar refractivity (Wildman–Crippen MR) is 48.4 cm³/mol. The summed E-state index contributed by atoms with van der Waals surface area (Å²) in [5.41, 5.74) is -0.0166. The van der Waals surface area contributed by atoms with Crippen LogP contribution in [0.3, 0.4) is 0 Å². The van der Waals surface area contributed by atoms with Crippen molar-refractivity contribution in [1.82, 2.24) is 20.2 Å². The van der Waals surface area contributed by atoms with E-state index in [0.29, 0.717) is 13.2 Å². The fourth-order valence-electron chi connectivity index (χ4n) is 1.07. The lowest BCUT2D eigenvalue weighted by Gasteiger charge is -2.16. The van der Waals surface area contributed by atoms with Crippen molar-refractivity contribution in [1.29, 1.82) is 0 Å². The molecule has 74 valence electrons. The van der Waals surface area contributed by atoms with Gasteiger partial charge in [0, 0.05) is 12.5 Å². The summed E-state index contributed by atoms with van der Waals surface area (Å²) in [6.07, 6.45) is 0. The van der Waals surface area contributed by atoms with E-state index >= 15 is 0 Å². The Labute approximate surface area is 78.1 Å². The van der Waals surface area contributed by atoms with Crippen molar-refractivity contribution in [3.63, 3.8) is 0 Å². The summed E-state index contributed by atoms with van der Waals surface area (Å²) in [6.45, 7) is 7.59. The van der Waals surface area contributed by atoms with Crippen molar-refractivity contribution in [2.75, 3.05) is 13.7 Å². The third-order valence-electron chi connectivity index (χ3n) is 1.71. The molecule has 0 saturated carbocycles. The molecule has 0 aliphatic rings. The Balaban J connectivity index is 2.77. The van der Waals surface area contributed by atoms with E-state index in [-0.39, 0.29) is 5.41 Å². The van der Waals surface area contributed by atoms with Crippen LogP contribution >= 0.6 is 0 Å². The maximum atomic E-state index is 4.97. The molecule has 0 bridgehead atoms. The van der Waals surface area contributed by atoms with Crippen molar-refractivity contribution < 1.29 is 4.74 Å². The van der Waals surface area contributed by atoms with E-state index in [1.807, 2.05) is 0 Å². The number of methoxy groups -OCH3 is 1. The number of nitrogens with zero attached hydrogens (tertiary/aromatic N) is 4. The number of aromatic nitrogens is 4. The van der Waals surface area contributed by atoms with Gasteiger partial charge in [0.05, 0.1) is 13.2 Å². The molecule has 0 radical (unpaired) electrons. The second kappa shape index (κ2) is 3.83. The van der Waals surface area contributed by atoms with E-state index in [1.54, 1.807) is 11.8 Å². The highest BCUT2D eigenvalue weighted by Crippen LogP contribution is 2.18. The first-order valence-corrected chi connectivity index (χ1v) is 4.31. The second-order valence-electron chi connectivity index (χ2n) is 3.97. The molecule has 0 amide bonds. The van der Waals surface area contributed by atoms with Crippen LogP contribution in [0, 0.1) is 0 Å². The molecular formula is C8H16N4O. The van der Waals surface area contributed by atoms with Crippen LogP contribution in [0.15, 0.2) is 0 Å². The zero-order valence-corrected chi connectivity index (χ0v) is 8.61. The van der Waals surface area contributed by atoms with E-state index in [9.17, 15) is 0 Å². The lowest BCUT2D eigenvalue weighted by molar-refractivity contribution is 0.180. The van der Waals surface area contributed by atoms with E-state index in [0.717, 1.165) is 5.82 Å². The molecule has 1 heterocycles. The normalized spacial score (nSPS) is 12.0. The Hall–Kier alpha value is -0.970. The summed E-state index contributed by atoms with van der Waals surface area (Å²) in [6, 6.07) is 0. The van der Waals surface area contributed by atoms with Gasteiger partial charge in [0.15, 0.2) is 5.82 Å². The average molecular weight is 184 g/mol. The highest BCUT2D eigenvalue weighted by Gasteiger charge is 2.21. The van der Waals surface area contributed by atoms with Crippen LogP contribution in [0.5, 0.6) is 0 Å². The van der Waals surface area contributed by atoms with Gasteiger partial charge in [0.25, 0.3) is 0 Å². The Bertz CT molecular complexity index is 263. The summed E-state index contributed by atoms with van der Waals surface area (Å²) in [7, 11) is 1.67. The van der Waals surface area contributed by atoms with Crippen molar-refractivity contribution >= 4 is 0 Å². The van der Waals surface area contributed by atoms with Crippen molar-refractivity contribution in [3.8, 4) is 0 Å². The second-order valence-corrected chi connectivity index (χ2v) is 3.97. The fourth-order valence-corrected chi connectivity index (χ4v) is 1.07. The van der Waals surface area contributed by atoms with Crippen LogP contribution in [-0.2, 0) is 16.7 Å². The third-order valence-corrected chi connectivity index (χ3v) is 1.71. The molecule has 0 atom stereocenters. The molecule has 0 N–H and O–H groups in total. The summed E-state index contributed by atoms with van der Waals surface area (Å²) < 4.78 is 6.75. The van der Waals surface area contributed by atoms with Crippen LogP contribution in [0.1, 0.15) is 26.6 Å². The fraction of sp³-hybridized carbons (Fsp3) is 0.875. The zero-order chi connectivity index (χ0) is 9.90. The van der Waals surface area contributed by atoms with Gasteiger partial charge < -0.3 is 4.74 Å². The Morgan fingerprint density at radius 3 is 2.62 bits per heavy atom. The third kappa shape index (κ3) is 2.48. The molecule has 0 unspecified atom stereocenters. The van der Waals surface area contributed by atoms with Gasteiger partial charge in [-0.3, -0.25) is 0 Å². The van der Waals surface area contributed by atoms with Gasteiger partial charge in [-0.25, -0.2) is 4.68 Å². The first kappa shape index (κ1) is 10.1. The molecular weight excluding hydrogens is 168 g/mol. The maximum Gasteiger partial charge on any atom is 0.156 e. The summed E-state index contributed by atoms with van der Waals surface area (Å²) in [5.74, 6) is 0.893. The highest BCUT2D eigenvalue weighted by atomic mass is 16.5. The molecule has 1 aromatic heterocycles. The topological polar surface area (TPSA) is 52.8 Å². The molecule has 0 spiro atoms. The SMILES string of the molecule is COCCn1nnnc1C(C)(C)C. The number of hydrogen-bond donors (Lipinski definition) is 0. The maximum absolute atomic E-state index is 4.97. The predicted octanol–water partition coefficient (Wildman–Crippen LogP) is 0.617. The van der Waals surface area contributed by atoms with Gasteiger partial charge >= 0.3 is 0 Å². The molecule has 0 aliphatic heterocycles. The van der Waals surface area contributed by atoms with Gasteiger partial charge in [-0.15, -0.1) is 5.10 Å². The smallest absolute Gasteiger partial charge is 0.156 e. The van der Waals surface area contributed by atoms with E-state index in [1.165, 1.54) is 0 Å². The van der Waals surface area contributed by atoms with Gasteiger partial charge in [-0.1, -0.05) is 20.8 Å². The Kier molecular flexibility index (Phi) is 2.98. The number of rotatable bonds is 3. The van der Waals surface area contributed by atoms with Crippen molar-refractivity contribution in [3.05, 3.63) is 5.82 Å². The standard InChI is InChI=1S/C8H16N4O/c1-8(2,3)7-9-10-11-12(7)5-6-13-4/h5-6H2,1-4H3. The minimum atomic E-state index is -0.0166. The van der Waals surface area contributed by atoms with E-state index in [4.69, 9.17) is 4.74 Å². The molecule has 0 fully saturated rings. The Morgan fingerprint density at radius 1 is 1.38 bits per heavy atom. The molecule has 0 aromatic carbocycles. The minimum Gasteiger partial charge on any atom is -0.383 e. The van der Waals surface area contributed by atoms with Crippen LogP contribution in [0.25, 0.3) is 0 Å². The van der Waals surface area contributed by atoms with E-state index in [2.05, 4.69) is 36.3 Å². The molecule has 0 aliphatic carbocycles. The summed E-state index contributed by atoms with van der Waals surface area (Å²) in [5, 5.41) is 11.5. The van der Waals surface area contributed by atoms with Crippen molar-refractivity contribution in [2.45, 2.75) is 32.7 Å². The molecule has 5 heteroatoms. The molecule has 5 nitrogen and oxygen atoms in total. The number of hydrogen-bond acceptors (Lipinski definition) is 4. The molecule has 13 heavy (non-hydrogen) atoms. The van der Waals surface area contributed by atoms with Gasteiger partial charge in [-0.2, -0.15) is 0 Å². The first-order chi connectivity index (χ1) is 6.05. The monoisotopic (exact) mass is 184 g/mol. The van der Waals surface area contributed by atoms with Crippen LogP contribution < -0.4 is 0 Å².